The Morgan fingerprint density at radius 3 is 1.89 bits per heavy atom. The number of allylic oxidation sites excluding steroid dienone is 9. The summed E-state index contributed by atoms with van der Waals surface area (Å²) in [5, 5.41) is 85.7. The molecule has 9 N–H and O–H groups in total. The Labute approximate surface area is 320 Å². The summed E-state index contributed by atoms with van der Waals surface area (Å²) in [6.45, 7) is 2.45. The molecule has 0 aliphatic carbocycles. The van der Waals surface area contributed by atoms with E-state index in [1.54, 1.807) is 6.08 Å². The first-order chi connectivity index (χ1) is 26.1. The molecule has 12 atom stereocenters. The maximum atomic E-state index is 12.9. The van der Waals surface area contributed by atoms with Gasteiger partial charge in [0.05, 0.1) is 32.0 Å². The smallest absolute Gasteiger partial charge is 0.220 e. The summed E-state index contributed by atoms with van der Waals surface area (Å²) in [4.78, 5) is 12.9. The summed E-state index contributed by atoms with van der Waals surface area (Å²) in [7, 11) is 0. The quantitative estimate of drug-likeness (QED) is 0.0454. The highest BCUT2D eigenvalue weighted by molar-refractivity contribution is 5.76. The number of rotatable bonds is 26. The molecule has 0 radical (unpaired) electrons. The van der Waals surface area contributed by atoms with Crippen molar-refractivity contribution in [3.63, 3.8) is 0 Å². The summed E-state index contributed by atoms with van der Waals surface area (Å²) in [6, 6.07) is -0.933. The zero-order valence-electron chi connectivity index (χ0n) is 31.9. The van der Waals surface area contributed by atoms with Crippen LogP contribution in [0.15, 0.2) is 60.8 Å². The SMILES string of the molecule is CC/C=C\C/C=C\C/C=C\C/C=C\CCCCC(=O)NC(COC1OC(CO)C(OC2OC(CO)C(O)C(O)C2O)C(O)C1O)C(O)/C=C/CCCCC. The minimum absolute atomic E-state index is 0.224. The van der Waals surface area contributed by atoms with Crippen LogP contribution in [0.5, 0.6) is 0 Å². The highest BCUT2D eigenvalue weighted by Gasteiger charge is 2.50. The van der Waals surface area contributed by atoms with E-state index in [1.807, 2.05) is 6.08 Å². The molecule has 0 aromatic rings. The Morgan fingerprint density at radius 2 is 1.26 bits per heavy atom. The zero-order valence-corrected chi connectivity index (χ0v) is 31.9. The van der Waals surface area contributed by atoms with E-state index in [4.69, 9.17) is 18.9 Å². The summed E-state index contributed by atoms with van der Waals surface area (Å²) >= 11 is 0. The van der Waals surface area contributed by atoms with Gasteiger partial charge in [-0.05, 0) is 57.8 Å². The van der Waals surface area contributed by atoms with Crippen molar-refractivity contribution >= 4 is 5.91 Å². The normalized spacial score (nSPS) is 30.7. The average molecular weight is 770 g/mol. The minimum Gasteiger partial charge on any atom is -0.394 e. The lowest BCUT2D eigenvalue weighted by Crippen LogP contribution is -2.65. The van der Waals surface area contributed by atoms with Gasteiger partial charge in [0.25, 0.3) is 0 Å². The number of carbonyl (C=O) groups is 1. The van der Waals surface area contributed by atoms with Gasteiger partial charge >= 0.3 is 0 Å². The van der Waals surface area contributed by atoms with Gasteiger partial charge in [0.2, 0.25) is 5.91 Å². The second-order valence-corrected chi connectivity index (χ2v) is 13.7. The predicted molar refractivity (Wildman–Crippen MR) is 203 cm³/mol. The molecule has 2 heterocycles. The van der Waals surface area contributed by atoms with Crippen LogP contribution in [-0.4, -0.2) is 140 Å². The third-order valence-electron chi connectivity index (χ3n) is 9.21. The second kappa shape index (κ2) is 28.1. The van der Waals surface area contributed by atoms with Crippen LogP contribution in [-0.2, 0) is 23.7 Å². The van der Waals surface area contributed by atoms with E-state index in [0.717, 1.165) is 64.2 Å². The average Bonchev–Trinajstić information content (AvgIpc) is 3.17. The molecule has 14 nitrogen and oxygen atoms in total. The molecule has 310 valence electrons. The lowest BCUT2D eigenvalue weighted by Gasteiger charge is -2.46. The fraction of sp³-hybridized carbons (Fsp3) is 0.725. The molecule has 2 aliphatic heterocycles. The molecule has 0 aromatic carbocycles. The summed E-state index contributed by atoms with van der Waals surface area (Å²) in [6.07, 6.45) is 13.4. The van der Waals surface area contributed by atoms with Crippen LogP contribution in [0.25, 0.3) is 0 Å². The van der Waals surface area contributed by atoms with Crippen molar-refractivity contribution in [2.45, 2.75) is 164 Å². The molecule has 0 aromatic heterocycles. The number of aliphatic hydroxyl groups is 8. The first kappa shape index (κ1) is 47.8. The van der Waals surface area contributed by atoms with Crippen LogP contribution in [0.1, 0.15) is 90.9 Å². The predicted octanol–water partition coefficient (Wildman–Crippen LogP) is 1.97. The highest BCUT2D eigenvalue weighted by atomic mass is 16.7. The number of carbonyl (C=O) groups excluding carboxylic acids is 1. The zero-order chi connectivity index (χ0) is 39.7. The van der Waals surface area contributed by atoms with E-state index in [0.29, 0.717) is 6.42 Å². The standard InChI is InChI=1S/C40H67NO13/c1-3-5-7-9-10-11-12-13-14-15-16-17-18-20-22-24-32(45)41-28(29(44)23-21-19-8-6-4-2)27-51-39-37(50)35(48)38(31(26-43)53-39)54-40-36(49)34(47)33(46)30(25-42)52-40/h5,7,10-11,13-14,16-17,21,23,28-31,33-40,42-44,46-50H,3-4,6,8-9,12,15,18-20,22,24-27H2,1-2H3,(H,41,45)/b7-5-,11-10-,14-13-,17-16-,23-21+. The van der Waals surface area contributed by atoms with Crippen LogP contribution < -0.4 is 5.32 Å². The van der Waals surface area contributed by atoms with Crippen molar-refractivity contribution in [1.82, 2.24) is 5.32 Å². The van der Waals surface area contributed by atoms with Crippen LogP contribution in [0.2, 0.25) is 0 Å². The van der Waals surface area contributed by atoms with Gasteiger partial charge in [-0.15, -0.1) is 0 Å². The lowest BCUT2D eigenvalue weighted by atomic mass is 9.97. The third-order valence-corrected chi connectivity index (χ3v) is 9.21. The van der Waals surface area contributed by atoms with Crippen molar-refractivity contribution < 1.29 is 64.6 Å². The molecule has 12 unspecified atom stereocenters. The van der Waals surface area contributed by atoms with Gasteiger partial charge in [-0.2, -0.15) is 0 Å². The molecule has 0 spiro atoms. The number of unbranched alkanes of at least 4 members (excludes halogenated alkanes) is 5. The lowest BCUT2D eigenvalue weighted by molar-refractivity contribution is -0.359. The number of hydrogen-bond acceptors (Lipinski definition) is 13. The van der Waals surface area contributed by atoms with E-state index in [1.165, 1.54) is 0 Å². The summed E-state index contributed by atoms with van der Waals surface area (Å²) in [5.74, 6) is -0.293. The number of aliphatic hydroxyl groups excluding tert-OH is 8. The summed E-state index contributed by atoms with van der Waals surface area (Å²) in [5.41, 5.74) is 0. The number of hydrogen-bond donors (Lipinski definition) is 9. The van der Waals surface area contributed by atoms with E-state index in [2.05, 4.69) is 67.8 Å². The van der Waals surface area contributed by atoms with Crippen LogP contribution >= 0.6 is 0 Å². The Bertz CT molecular complexity index is 1140. The number of ether oxygens (including phenoxy) is 4. The van der Waals surface area contributed by atoms with Gasteiger partial charge in [-0.1, -0.05) is 87.4 Å². The van der Waals surface area contributed by atoms with E-state index in [-0.39, 0.29) is 18.9 Å². The van der Waals surface area contributed by atoms with Crippen LogP contribution in [0, 0.1) is 0 Å². The van der Waals surface area contributed by atoms with Gasteiger partial charge in [0.15, 0.2) is 12.6 Å². The highest BCUT2D eigenvalue weighted by Crippen LogP contribution is 2.29. The van der Waals surface area contributed by atoms with Crippen molar-refractivity contribution in [3.8, 4) is 0 Å². The monoisotopic (exact) mass is 769 g/mol. The molecule has 0 saturated carbocycles. The van der Waals surface area contributed by atoms with Gasteiger partial charge in [0, 0.05) is 6.42 Å². The first-order valence-electron chi connectivity index (χ1n) is 19.5. The molecular weight excluding hydrogens is 702 g/mol. The summed E-state index contributed by atoms with van der Waals surface area (Å²) < 4.78 is 22.4. The van der Waals surface area contributed by atoms with Crippen LogP contribution in [0.3, 0.4) is 0 Å². The van der Waals surface area contributed by atoms with Gasteiger partial charge in [0.1, 0.15) is 48.8 Å². The van der Waals surface area contributed by atoms with E-state index < -0.39 is 86.8 Å². The molecule has 2 saturated heterocycles. The Morgan fingerprint density at radius 1 is 0.685 bits per heavy atom. The van der Waals surface area contributed by atoms with Gasteiger partial charge < -0.3 is 65.1 Å². The van der Waals surface area contributed by atoms with Crippen molar-refractivity contribution in [2.24, 2.45) is 0 Å². The van der Waals surface area contributed by atoms with Gasteiger partial charge in [-0.3, -0.25) is 4.79 Å². The molecule has 1 amide bonds. The fourth-order valence-electron chi connectivity index (χ4n) is 5.92. The molecule has 2 fully saturated rings. The Balaban J connectivity index is 1.91. The molecule has 2 rings (SSSR count). The molecule has 14 heteroatoms. The topological polar surface area (TPSA) is 228 Å². The minimum atomic E-state index is -1.79. The van der Waals surface area contributed by atoms with Crippen molar-refractivity contribution in [1.29, 1.82) is 0 Å². The maximum Gasteiger partial charge on any atom is 0.220 e. The first-order valence-corrected chi connectivity index (χ1v) is 19.5. The van der Waals surface area contributed by atoms with Crippen LogP contribution in [0.4, 0.5) is 0 Å². The Kier molecular flexibility index (Phi) is 24.9. The van der Waals surface area contributed by atoms with Crippen molar-refractivity contribution in [3.05, 3.63) is 60.8 Å². The third kappa shape index (κ3) is 17.2. The van der Waals surface area contributed by atoms with Crippen molar-refractivity contribution in [2.75, 3.05) is 19.8 Å². The molecule has 2 aliphatic rings. The Hall–Kier alpha value is -2.31. The molecular formula is C40H67NO13. The van der Waals surface area contributed by atoms with Gasteiger partial charge in [-0.25, -0.2) is 0 Å². The number of nitrogens with one attached hydrogen (secondary N) is 1. The molecule has 0 bridgehead atoms. The maximum absolute atomic E-state index is 12.9. The second-order valence-electron chi connectivity index (χ2n) is 13.7. The largest absolute Gasteiger partial charge is 0.394 e. The fourth-order valence-corrected chi connectivity index (χ4v) is 5.92. The van der Waals surface area contributed by atoms with E-state index >= 15 is 0 Å². The van der Waals surface area contributed by atoms with E-state index in [9.17, 15) is 45.6 Å². The number of amides is 1. The molecule has 54 heavy (non-hydrogen) atoms.